The topological polar surface area (TPSA) is 28.7 Å². The maximum absolute atomic E-state index is 4.74. The number of aromatic nitrogens is 2. The van der Waals surface area contributed by atoms with Gasteiger partial charge in [0.25, 0.3) is 0 Å². The summed E-state index contributed by atoms with van der Waals surface area (Å²) in [6.07, 6.45) is 27.6. The summed E-state index contributed by atoms with van der Waals surface area (Å²) in [5.74, 6) is 2.25. The van der Waals surface area contributed by atoms with Crippen LogP contribution in [0.25, 0.3) is 23.6 Å². The van der Waals surface area contributed by atoms with E-state index in [4.69, 9.17) is 4.98 Å². The quantitative estimate of drug-likeness (QED) is 0.224. The van der Waals surface area contributed by atoms with E-state index in [0.717, 1.165) is 52.5 Å². The average Bonchev–Trinajstić information content (AvgIpc) is 3.50. The van der Waals surface area contributed by atoms with E-state index in [1.54, 1.807) is 18.3 Å². The molecule has 0 aliphatic carbocycles. The van der Waals surface area contributed by atoms with Gasteiger partial charge in [0.1, 0.15) is 0 Å². The summed E-state index contributed by atoms with van der Waals surface area (Å²) in [6, 6.07) is 6.62. The molecule has 2 nitrogen and oxygen atoms in total. The number of hydrogen-bond donors (Lipinski definition) is 1. The zero-order valence-electron chi connectivity index (χ0n) is 24.0. The van der Waals surface area contributed by atoms with Gasteiger partial charge in [-0.25, -0.2) is 4.98 Å². The number of aromatic amines is 1. The number of thiazole rings is 1. The first-order chi connectivity index (χ1) is 18.1. The minimum absolute atomic E-state index is 0.863. The SMILES string of the molecule is C#CC.C=c1/c(=C\c2csc(C/C=C\C=C/CC)n2)[nH]c2ccc(CC/C=C\C=C/C)cc12.CC.CC. The van der Waals surface area contributed by atoms with Crippen molar-refractivity contribution >= 4 is 34.9 Å². The smallest absolute Gasteiger partial charge is 0.0970 e. The van der Waals surface area contributed by atoms with Crippen molar-refractivity contribution in [3.8, 4) is 12.3 Å². The third-order valence-electron chi connectivity index (χ3n) is 4.82. The maximum atomic E-state index is 4.74. The Balaban J connectivity index is 0.00000169. The van der Waals surface area contributed by atoms with Crippen molar-refractivity contribution in [2.75, 3.05) is 0 Å². The number of terminal acetylenes is 1. The zero-order valence-corrected chi connectivity index (χ0v) is 24.8. The highest BCUT2D eigenvalue weighted by atomic mass is 32.1. The number of hydrogen-bond acceptors (Lipinski definition) is 2. The van der Waals surface area contributed by atoms with Gasteiger partial charge in [-0.05, 0) is 56.9 Å². The van der Waals surface area contributed by atoms with Gasteiger partial charge in [0.2, 0.25) is 0 Å². The van der Waals surface area contributed by atoms with Crippen LogP contribution in [-0.2, 0) is 12.8 Å². The van der Waals surface area contributed by atoms with Crippen LogP contribution >= 0.6 is 11.3 Å². The Morgan fingerprint density at radius 3 is 2.41 bits per heavy atom. The summed E-state index contributed by atoms with van der Waals surface area (Å²) in [5.41, 5.74) is 3.45. The number of H-pyrrole nitrogens is 1. The molecule has 3 aromatic rings. The van der Waals surface area contributed by atoms with Crippen molar-refractivity contribution in [1.29, 1.82) is 0 Å². The molecule has 1 aromatic carbocycles. The van der Waals surface area contributed by atoms with Gasteiger partial charge in [-0.15, -0.1) is 23.7 Å². The van der Waals surface area contributed by atoms with Gasteiger partial charge in [0.05, 0.1) is 10.7 Å². The molecule has 3 rings (SSSR count). The predicted molar refractivity (Wildman–Crippen MR) is 171 cm³/mol. The van der Waals surface area contributed by atoms with Crippen LogP contribution < -0.4 is 10.6 Å². The van der Waals surface area contributed by atoms with Gasteiger partial charge in [-0.2, -0.15) is 0 Å². The van der Waals surface area contributed by atoms with Crippen molar-refractivity contribution in [3.05, 3.63) is 99.0 Å². The van der Waals surface area contributed by atoms with Crippen molar-refractivity contribution in [2.45, 2.75) is 74.1 Å². The molecule has 0 spiro atoms. The monoisotopic (exact) mass is 514 g/mol. The standard InChI is InChI=1S/C27H30N2S.C3H4.2C2H6/c1-4-6-8-10-12-14-22-16-17-25-24(18-22)21(3)26(29-25)19-23-20-30-27(28-23)15-13-11-9-7-5-2;1-3-2;2*1-2/h4,6-11,13,16-20,29H,3,5,12,14-15H2,1-2H3;1H,2H3;2*1-2H3/b6-4-,9-7-,10-8-,13-11-,26-19+;;;. The summed E-state index contributed by atoms with van der Waals surface area (Å²) in [5, 5.41) is 6.50. The predicted octanol–water partition coefficient (Wildman–Crippen LogP) is 8.69. The molecule has 3 heteroatoms. The van der Waals surface area contributed by atoms with Gasteiger partial charge in [-0.3, -0.25) is 0 Å². The minimum atomic E-state index is 0.863. The Morgan fingerprint density at radius 1 is 1.05 bits per heavy atom. The summed E-state index contributed by atoms with van der Waals surface area (Å²) < 4.78 is 0. The molecular formula is C34H46N2S. The lowest BCUT2D eigenvalue weighted by molar-refractivity contribution is 1.00. The molecule has 0 atom stereocenters. The largest absolute Gasteiger partial charge is 0.354 e. The molecule has 1 N–H and O–H groups in total. The van der Waals surface area contributed by atoms with E-state index in [1.807, 2.05) is 40.7 Å². The molecule has 0 radical (unpaired) electrons. The number of nitrogens with zero attached hydrogens (tertiary/aromatic N) is 1. The van der Waals surface area contributed by atoms with Crippen molar-refractivity contribution < 1.29 is 0 Å². The fourth-order valence-corrected chi connectivity index (χ4v) is 3.95. The van der Waals surface area contributed by atoms with Crippen LogP contribution in [0.15, 0.2) is 72.2 Å². The van der Waals surface area contributed by atoms with Crippen LogP contribution in [0.4, 0.5) is 0 Å². The van der Waals surface area contributed by atoms with Crippen LogP contribution in [0.5, 0.6) is 0 Å². The van der Waals surface area contributed by atoms with E-state index in [2.05, 4.69) is 103 Å². The highest BCUT2D eigenvalue weighted by Crippen LogP contribution is 2.13. The van der Waals surface area contributed by atoms with E-state index in [9.17, 15) is 0 Å². The highest BCUT2D eigenvalue weighted by molar-refractivity contribution is 7.09. The molecule has 2 heterocycles. The Morgan fingerprint density at radius 2 is 1.73 bits per heavy atom. The molecule has 37 heavy (non-hydrogen) atoms. The second kappa shape index (κ2) is 21.9. The summed E-state index contributed by atoms with van der Waals surface area (Å²) >= 11 is 1.70. The van der Waals surface area contributed by atoms with Gasteiger partial charge in [0.15, 0.2) is 0 Å². The van der Waals surface area contributed by atoms with Crippen molar-refractivity contribution in [3.63, 3.8) is 0 Å². The van der Waals surface area contributed by atoms with Crippen LogP contribution in [-0.4, -0.2) is 9.97 Å². The normalized spacial score (nSPS) is 11.4. The average molecular weight is 515 g/mol. The molecule has 0 aliphatic rings. The van der Waals surface area contributed by atoms with E-state index in [-0.39, 0.29) is 0 Å². The lowest BCUT2D eigenvalue weighted by Crippen LogP contribution is -2.21. The molecular weight excluding hydrogens is 468 g/mol. The fourth-order valence-electron chi connectivity index (χ4n) is 3.23. The van der Waals surface area contributed by atoms with Crippen LogP contribution in [0.1, 0.15) is 77.6 Å². The second-order valence-corrected chi connectivity index (χ2v) is 8.40. The summed E-state index contributed by atoms with van der Waals surface area (Å²) in [6.45, 7) is 18.1. The van der Waals surface area contributed by atoms with Crippen molar-refractivity contribution in [2.24, 2.45) is 0 Å². The number of benzene rings is 1. The third-order valence-corrected chi connectivity index (χ3v) is 5.71. The Labute approximate surface area is 230 Å². The fraction of sp³-hybridized carbons (Fsp3) is 0.324. The number of nitrogens with one attached hydrogen (secondary N) is 1. The number of fused-ring (bicyclic) bond motifs is 1. The number of rotatable bonds is 9. The van der Waals surface area contributed by atoms with E-state index >= 15 is 0 Å². The molecule has 0 unspecified atom stereocenters. The highest BCUT2D eigenvalue weighted by Gasteiger charge is 2.03. The Bertz CT molecular complexity index is 1270. The molecule has 0 aliphatic heterocycles. The molecule has 0 amide bonds. The van der Waals surface area contributed by atoms with Crippen LogP contribution in [0, 0.1) is 12.3 Å². The minimum Gasteiger partial charge on any atom is -0.354 e. The van der Waals surface area contributed by atoms with E-state index in [0.29, 0.717) is 0 Å². The molecule has 0 fully saturated rings. The van der Waals surface area contributed by atoms with Crippen molar-refractivity contribution in [1.82, 2.24) is 9.97 Å². The number of aryl methyl sites for hydroxylation is 1. The molecule has 0 bridgehead atoms. The van der Waals surface area contributed by atoms with Gasteiger partial charge in [-0.1, -0.05) is 95.9 Å². The molecule has 0 saturated heterocycles. The maximum Gasteiger partial charge on any atom is 0.0970 e. The number of allylic oxidation sites excluding steroid dienone is 8. The first kappa shape index (κ1) is 33.7. The first-order valence-corrected chi connectivity index (χ1v) is 14.2. The lowest BCUT2D eigenvalue weighted by atomic mass is 10.1. The molecule has 0 saturated carbocycles. The summed E-state index contributed by atoms with van der Waals surface area (Å²) in [7, 11) is 0. The zero-order chi connectivity index (χ0) is 27.9. The molecule has 2 aromatic heterocycles. The van der Waals surface area contributed by atoms with Crippen LogP contribution in [0.3, 0.4) is 0 Å². The van der Waals surface area contributed by atoms with Gasteiger partial charge < -0.3 is 4.98 Å². The van der Waals surface area contributed by atoms with E-state index in [1.165, 1.54) is 10.9 Å². The van der Waals surface area contributed by atoms with Gasteiger partial charge in [0, 0.05) is 33.3 Å². The van der Waals surface area contributed by atoms with Gasteiger partial charge >= 0.3 is 0 Å². The van der Waals surface area contributed by atoms with Crippen LogP contribution in [0.2, 0.25) is 0 Å². The lowest BCUT2D eigenvalue weighted by Gasteiger charge is -1.98. The Hall–Kier alpha value is -3.35. The second-order valence-electron chi connectivity index (χ2n) is 7.46. The third kappa shape index (κ3) is 13.0. The molecule has 198 valence electrons. The summed E-state index contributed by atoms with van der Waals surface area (Å²) in [4.78, 5) is 8.24. The Kier molecular flexibility index (Phi) is 19.9. The first-order valence-electron chi connectivity index (χ1n) is 13.3. The van der Waals surface area contributed by atoms with E-state index < -0.39 is 0 Å².